The van der Waals surface area contributed by atoms with Gasteiger partial charge in [0, 0.05) is 11.6 Å². The highest BCUT2D eigenvalue weighted by Gasteiger charge is 2.32. The minimum Gasteiger partial charge on any atom is -0.466 e. The first-order valence-electron chi connectivity index (χ1n) is 4.64. The standard InChI is InChI=1S/C11H8F4O3/c1-17-9(16)6-5-7-3-2-4-8(10(7)12)18-11(13,14)15/h2-6H,1H3/b6-5+. The first kappa shape index (κ1) is 14.0. The third kappa shape index (κ3) is 4.08. The number of rotatable bonds is 3. The molecule has 0 radical (unpaired) electrons. The number of halogens is 4. The molecule has 0 atom stereocenters. The maximum Gasteiger partial charge on any atom is 0.573 e. The molecule has 0 aliphatic carbocycles. The number of carbonyl (C=O) groups excluding carboxylic acids is 1. The van der Waals surface area contributed by atoms with Crippen LogP contribution in [0.25, 0.3) is 6.08 Å². The minimum absolute atomic E-state index is 0.220. The van der Waals surface area contributed by atoms with Gasteiger partial charge in [-0.1, -0.05) is 12.1 Å². The smallest absolute Gasteiger partial charge is 0.466 e. The Hall–Kier alpha value is -2.05. The summed E-state index contributed by atoms with van der Waals surface area (Å²) >= 11 is 0. The van der Waals surface area contributed by atoms with E-state index in [-0.39, 0.29) is 5.56 Å². The lowest BCUT2D eigenvalue weighted by molar-refractivity contribution is -0.275. The molecule has 18 heavy (non-hydrogen) atoms. The Morgan fingerprint density at radius 3 is 2.56 bits per heavy atom. The van der Waals surface area contributed by atoms with E-state index >= 15 is 0 Å². The SMILES string of the molecule is COC(=O)/C=C/c1cccc(OC(F)(F)F)c1F. The average Bonchev–Trinajstić information content (AvgIpc) is 2.28. The molecule has 3 nitrogen and oxygen atoms in total. The summed E-state index contributed by atoms with van der Waals surface area (Å²) in [5.74, 6) is -2.93. The van der Waals surface area contributed by atoms with Crippen LogP contribution in [-0.4, -0.2) is 19.4 Å². The van der Waals surface area contributed by atoms with Crippen LogP contribution >= 0.6 is 0 Å². The van der Waals surface area contributed by atoms with Gasteiger partial charge >= 0.3 is 12.3 Å². The molecule has 0 N–H and O–H groups in total. The van der Waals surface area contributed by atoms with E-state index in [1.807, 2.05) is 0 Å². The van der Waals surface area contributed by atoms with Crippen molar-refractivity contribution >= 4 is 12.0 Å². The number of alkyl halides is 3. The van der Waals surface area contributed by atoms with Crippen molar-refractivity contribution in [1.29, 1.82) is 0 Å². The summed E-state index contributed by atoms with van der Waals surface area (Å²) in [5, 5.41) is 0. The van der Waals surface area contributed by atoms with Crippen LogP contribution in [0.2, 0.25) is 0 Å². The molecule has 0 aliphatic rings. The van der Waals surface area contributed by atoms with Crippen LogP contribution in [0.15, 0.2) is 24.3 Å². The molecule has 0 aliphatic heterocycles. The van der Waals surface area contributed by atoms with Crippen LogP contribution in [0, 0.1) is 5.82 Å². The van der Waals surface area contributed by atoms with Crippen molar-refractivity contribution in [2.24, 2.45) is 0 Å². The Bertz CT molecular complexity index is 466. The third-order valence-corrected chi connectivity index (χ3v) is 1.82. The molecule has 0 unspecified atom stereocenters. The van der Waals surface area contributed by atoms with E-state index in [0.29, 0.717) is 0 Å². The summed E-state index contributed by atoms with van der Waals surface area (Å²) in [6.45, 7) is 0. The van der Waals surface area contributed by atoms with Gasteiger partial charge in [-0.15, -0.1) is 13.2 Å². The molecule has 0 aromatic heterocycles. The van der Waals surface area contributed by atoms with Gasteiger partial charge in [-0.05, 0) is 12.1 Å². The predicted molar refractivity (Wildman–Crippen MR) is 54.1 cm³/mol. The lowest BCUT2D eigenvalue weighted by atomic mass is 10.2. The second-order valence-electron chi connectivity index (χ2n) is 3.06. The highest BCUT2D eigenvalue weighted by molar-refractivity contribution is 5.87. The molecule has 98 valence electrons. The van der Waals surface area contributed by atoms with Gasteiger partial charge in [0.1, 0.15) is 0 Å². The molecular weight excluding hydrogens is 256 g/mol. The van der Waals surface area contributed by atoms with Gasteiger partial charge in [0.25, 0.3) is 0 Å². The zero-order valence-electron chi connectivity index (χ0n) is 9.12. The van der Waals surface area contributed by atoms with Gasteiger partial charge in [-0.25, -0.2) is 9.18 Å². The molecule has 0 saturated heterocycles. The van der Waals surface area contributed by atoms with Gasteiger partial charge < -0.3 is 9.47 Å². The van der Waals surface area contributed by atoms with E-state index in [1.165, 1.54) is 12.1 Å². The highest BCUT2D eigenvalue weighted by atomic mass is 19.4. The van der Waals surface area contributed by atoms with Gasteiger partial charge in [0.2, 0.25) is 0 Å². The van der Waals surface area contributed by atoms with Crippen LogP contribution in [-0.2, 0) is 9.53 Å². The van der Waals surface area contributed by atoms with E-state index in [4.69, 9.17) is 0 Å². The summed E-state index contributed by atoms with van der Waals surface area (Å²) < 4.78 is 57.1. The monoisotopic (exact) mass is 264 g/mol. The minimum atomic E-state index is -4.98. The molecule has 0 spiro atoms. The van der Waals surface area contributed by atoms with Crippen molar-refractivity contribution in [3.63, 3.8) is 0 Å². The van der Waals surface area contributed by atoms with Gasteiger partial charge in [0.05, 0.1) is 7.11 Å². The molecule has 1 aromatic rings. The van der Waals surface area contributed by atoms with Crippen molar-refractivity contribution in [2.45, 2.75) is 6.36 Å². The lowest BCUT2D eigenvalue weighted by Crippen LogP contribution is -2.18. The first-order valence-corrected chi connectivity index (χ1v) is 4.64. The van der Waals surface area contributed by atoms with Crippen molar-refractivity contribution in [2.75, 3.05) is 7.11 Å². The second kappa shape index (κ2) is 5.52. The van der Waals surface area contributed by atoms with E-state index < -0.39 is 23.9 Å². The van der Waals surface area contributed by atoms with Gasteiger partial charge in [-0.2, -0.15) is 0 Å². The van der Waals surface area contributed by atoms with E-state index in [2.05, 4.69) is 9.47 Å². The first-order chi connectivity index (χ1) is 8.33. The van der Waals surface area contributed by atoms with Crippen molar-refractivity contribution < 1.29 is 31.8 Å². The van der Waals surface area contributed by atoms with Crippen molar-refractivity contribution in [3.05, 3.63) is 35.7 Å². The molecule has 7 heteroatoms. The number of hydrogen-bond donors (Lipinski definition) is 0. The maximum atomic E-state index is 13.5. The number of hydrogen-bond acceptors (Lipinski definition) is 3. The quantitative estimate of drug-likeness (QED) is 0.478. The molecule has 0 fully saturated rings. The predicted octanol–water partition coefficient (Wildman–Crippen LogP) is 2.91. The molecule has 1 rings (SSSR count). The Balaban J connectivity index is 2.99. The number of esters is 1. The van der Waals surface area contributed by atoms with Crippen LogP contribution in [0.4, 0.5) is 17.6 Å². The molecule has 0 saturated carbocycles. The van der Waals surface area contributed by atoms with Crippen molar-refractivity contribution in [1.82, 2.24) is 0 Å². The third-order valence-electron chi connectivity index (χ3n) is 1.82. The van der Waals surface area contributed by atoms with Crippen LogP contribution in [0.5, 0.6) is 5.75 Å². The number of benzene rings is 1. The van der Waals surface area contributed by atoms with Crippen molar-refractivity contribution in [3.8, 4) is 5.75 Å². The molecule has 0 bridgehead atoms. The number of carbonyl (C=O) groups is 1. The summed E-state index contributed by atoms with van der Waals surface area (Å²) in [6.07, 6.45) is -3.11. The Labute approximate surface area is 99.6 Å². The highest BCUT2D eigenvalue weighted by Crippen LogP contribution is 2.27. The normalized spacial score (nSPS) is 11.6. The zero-order chi connectivity index (χ0) is 13.8. The molecule has 1 aromatic carbocycles. The number of methoxy groups -OCH3 is 1. The molecule has 0 amide bonds. The summed E-state index contributed by atoms with van der Waals surface area (Å²) in [5.41, 5.74) is -0.220. The maximum absolute atomic E-state index is 13.5. The topological polar surface area (TPSA) is 35.5 Å². The summed E-state index contributed by atoms with van der Waals surface area (Å²) in [4.78, 5) is 10.8. The largest absolute Gasteiger partial charge is 0.573 e. The van der Waals surface area contributed by atoms with Crippen LogP contribution in [0.1, 0.15) is 5.56 Å². The zero-order valence-corrected chi connectivity index (χ0v) is 9.12. The van der Waals surface area contributed by atoms with Crippen LogP contribution in [0.3, 0.4) is 0 Å². The fourth-order valence-electron chi connectivity index (χ4n) is 1.09. The van der Waals surface area contributed by atoms with E-state index in [1.54, 1.807) is 0 Å². The van der Waals surface area contributed by atoms with Gasteiger partial charge in [0.15, 0.2) is 11.6 Å². The molecular formula is C11H8F4O3. The fourth-order valence-corrected chi connectivity index (χ4v) is 1.09. The van der Waals surface area contributed by atoms with Gasteiger partial charge in [-0.3, -0.25) is 0 Å². The second-order valence-corrected chi connectivity index (χ2v) is 3.06. The lowest BCUT2D eigenvalue weighted by Gasteiger charge is -2.10. The average molecular weight is 264 g/mol. The van der Waals surface area contributed by atoms with Crippen LogP contribution < -0.4 is 4.74 Å². The summed E-state index contributed by atoms with van der Waals surface area (Å²) in [7, 11) is 1.12. The Kier molecular flexibility index (Phi) is 4.30. The molecule has 0 heterocycles. The number of ether oxygens (including phenoxy) is 2. The Morgan fingerprint density at radius 2 is 2.00 bits per heavy atom. The fraction of sp³-hybridized carbons (Fsp3) is 0.182. The van der Waals surface area contributed by atoms with E-state index in [0.717, 1.165) is 25.3 Å². The summed E-state index contributed by atoms with van der Waals surface area (Å²) in [6, 6.07) is 3.19. The van der Waals surface area contributed by atoms with E-state index in [9.17, 15) is 22.4 Å². The Morgan fingerprint density at radius 1 is 1.33 bits per heavy atom.